The summed E-state index contributed by atoms with van der Waals surface area (Å²) < 4.78 is 11.0. The van der Waals surface area contributed by atoms with Crippen molar-refractivity contribution in [3.05, 3.63) is 24.2 Å². The standard InChI is InChI=1S/C15H25NO2/c1-12-3-4-15(9-13(12)2)18-8-6-16-10-14-5-7-17-11-14/h5,7,11-13,15-16H,3-4,6,8-10H2,1-2H3. The van der Waals surface area contributed by atoms with E-state index in [1.54, 1.807) is 12.5 Å². The number of ether oxygens (including phenoxy) is 1. The summed E-state index contributed by atoms with van der Waals surface area (Å²) in [5, 5.41) is 3.36. The van der Waals surface area contributed by atoms with Crippen LogP contribution in [0.2, 0.25) is 0 Å². The normalized spacial score (nSPS) is 28.4. The molecule has 0 aliphatic heterocycles. The molecule has 1 aliphatic rings. The summed E-state index contributed by atoms with van der Waals surface area (Å²) in [7, 11) is 0. The molecule has 3 atom stereocenters. The third-order valence-corrected chi connectivity index (χ3v) is 4.09. The average Bonchev–Trinajstić information content (AvgIpc) is 2.86. The van der Waals surface area contributed by atoms with Crippen LogP contribution >= 0.6 is 0 Å². The third kappa shape index (κ3) is 4.14. The first kappa shape index (κ1) is 13.6. The van der Waals surface area contributed by atoms with E-state index >= 15 is 0 Å². The van der Waals surface area contributed by atoms with E-state index in [0.29, 0.717) is 6.10 Å². The Labute approximate surface area is 110 Å². The summed E-state index contributed by atoms with van der Waals surface area (Å²) in [6.07, 6.45) is 7.73. The molecule has 0 saturated heterocycles. The van der Waals surface area contributed by atoms with Crippen LogP contribution in [0.5, 0.6) is 0 Å². The van der Waals surface area contributed by atoms with E-state index < -0.39 is 0 Å². The van der Waals surface area contributed by atoms with Gasteiger partial charge in [0.1, 0.15) is 0 Å². The quantitative estimate of drug-likeness (QED) is 0.788. The zero-order chi connectivity index (χ0) is 12.8. The van der Waals surface area contributed by atoms with Crippen LogP contribution in [0.15, 0.2) is 23.0 Å². The molecule has 102 valence electrons. The molecule has 0 spiro atoms. The predicted molar refractivity (Wildman–Crippen MR) is 72.3 cm³/mol. The summed E-state index contributed by atoms with van der Waals surface area (Å²) in [5.41, 5.74) is 1.19. The van der Waals surface area contributed by atoms with Crippen LogP contribution in [-0.4, -0.2) is 19.3 Å². The summed E-state index contributed by atoms with van der Waals surface area (Å²) in [6, 6.07) is 1.98. The summed E-state index contributed by atoms with van der Waals surface area (Å²) in [4.78, 5) is 0. The van der Waals surface area contributed by atoms with E-state index in [4.69, 9.17) is 9.15 Å². The number of furan rings is 1. The Morgan fingerprint density at radius 1 is 1.33 bits per heavy atom. The van der Waals surface area contributed by atoms with Crippen molar-refractivity contribution in [2.24, 2.45) is 11.8 Å². The average molecular weight is 251 g/mol. The lowest BCUT2D eigenvalue weighted by molar-refractivity contribution is 0.00424. The van der Waals surface area contributed by atoms with Gasteiger partial charge in [-0.15, -0.1) is 0 Å². The first-order valence-corrected chi connectivity index (χ1v) is 7.09. The van der Waals surface area contributed by atoms with Crippen molar-refractivity contribution in [2.75, 3.05) is 13.2 Å². The van der Waals surface area contributed by atoms with Crippen molar-refractivity contribution in [2.45, 2.75) is 45.8 Å². The highest BCUT2D eigenvalue weighted by Crippen LogP contribution is 2.30. The molecular weight excluding hydrogens is 226 g/mol. The number of rotatable bonds is 6. The second-order valence-electron chi connectivity index (χ2n) is 5.57. The van der Waals surface area contributed by atoms with Gasteiger partial charge in [0.15, 0.2) is 0 Å². The maximum Gasteiger partial charge on any atom is 0.0947 e. The zero-order valence-electron chi connectivity index (χ0n) is 11.5. The Kier molecular flexibility index (Phi) is 5.26. The minimum absolute atomic E-state index is 0.479. The number of hydrogen-bond donors (Lipinski definition) is 1. The van der Waals surface area contributed by atoms with Crippen LogP contribution in [-0.2, 0) is 11.3 Å². The molecule has 1 heterocycles. The van der Waals surface area contributed by atoms with Crippen LogP contribution in [0.25, 0.3) is 0 Å². The summed E-state index contributed by atoms with van der Waals surface area (Å²) >= 11 is 0. The van der Waals surface area contributed by atoms with E-state index in [9.17, 15) is 0 Å². The first-order chi connectivity index (χ1) is 8.75. The molecule has 3 unspecified atom stereocenters. The van der Waals surface area contributed by atoms with Crippen molar-refractivity contribution in [3.8, 4) is 0 Å². The van der Waals surface area contributed by atoms with E-state index in [0.717, 1.165) is 31.5 Å². The smallest absolute Gasteiger partial charge is 0.0947 e. The van der Waals surface area contributed by atoms with Crippen molar-refractivity contribution in [3.63, 3.8) is 0 Å². The Morgan fingerprint density at radius 2 is 2.22 bits per heavy atom. The fraction of sp³-hybridized carbons (Fsp3) is 0.733. The fourth-order valence-electron chi connectivity index (χ4n) is 2.57. The van der Waals surface area contributed by atoms with Crippen LogP contribution in [0, 0.1) is 11.8 Å². The van der Waals surface area contributed by atoms with Gasteiger partial charge in [-0.3, -0.25) is 0 Å². The summed E-state index contributed by atoms with van der Waals surface area (Å²) in [5.74, 6) is 1.67. The number of nitrogens with one attached hydrogen (secondary N) is 1. The molecule has 3 nitrogen and oxygen atoms in total. The van der Waals surface area contributed by atoms with E-state index in [-0.39, 0.29) is 0 Å². The van der Waals surface area contributed by atoms with E-state index in [2.05, 4.69) is 19.2 Å². The minimum atomic E-state index is 0.479. The molecule has 18 heavy (non-hydrogen) atoms. The molecule has 1 fully saturated rings. The molecule has 1 saturated carbocycles. The maximum absolute atomic E-state index is 5.94. The van der Waals surface area contributed by atoms with Gasteiger partial charge in [0.25, 0.3) is 0 Å². The maximum atomic E-state index is 5.94. The van der Waals surface area contributed by atoms with Gasteiger partial charge < -0.3 is 14.5 Å². The van der Waals surface area contributed by atoms with Gasteiger partial charge in [-0.1, -0.05) is 13.8 Å². The van der Waals surface area contributed by atoms with Gasteiger partial charge in [0, 0.05) is 18.7 Å². The lowest BCUT2D eigenvalue weighted by Gasteiger charge is -2.32. The molecule has 1 aromatic heterocycles. The SMILES string of the molecule is CC1CCC(OCCNCc2ccoc2)CC1C. The van der Waals surface area contributed by atoms with Gasteiger partial charge in [-0.25, -0.2) is 0 Å². The fourth-order valence-corrected chi connectivity index (χ4v) is 2.57. The molecule has 1 N–H and O–H groups in total. The molecule has 0 bridgehead atoms. The zero-order valence-corrected chi connectivity index (χ0v) is 11.5. The van der Waals surface area contributed by atoms with Crippen molar-refractivity contribution in [1.29, 1.82) is 0 Å². The Hall–Kier alpha value is -0.800. The Morgan fingerprint density at radius 3 is 2.94 bits per heavy atom. The second kappa shape index (κ2) is 6.95. The largest absolute Gasteiger partial charge is 0.472 e. The Balaban J connectivity index is 1.53. The van der Waals surface area contributed by atoms with Crippen LogP contribution in [0.1, 0.15) is 38.7 Å². The highest BCUT2D eigenvalue weighted by molar-refractivity contribution is 5.04. The van der Waals surface area contributed by atoms with E-state index in [1.807, 2.05) is 6.07 Å². The molecule has 0 radical (unpaired) electrons. The van der Waals surface area contributed by atoms with Crippen LogP contribution < -0.4 is 5.32 Å². The van der Waals surface area contributed by atoms with Gasteiger partial charge in [0.05, 0.1) is 25.2 Å². The minimum Gasteiger partial charge on any atom is -0.472 e. The van der Waals surface area contributed by atoms with Crippen molar-refractivity contribution >= 4 is 0 Å². The molecule has 0 aromatic carbocycles. The first-order valence-electron chi connectivity index (χ1n) is 7.09. The van der Waals surface area contributed by atoms with Crippen molar-refractivity contribution in [1.82, 2.24) is 5.32 Å². The number of hydrogen-bond acceptors (Lipinski definition) is 3. The monoisotopic (exact) mass is 251 g/mol. The topological polar surface area (TPSA) is 34.4 Å². The molecule has 1 aromatic rings. The molecule has 1 aliphatic carbocycles. The molecule has 2 rings (SSSR count). The second-order valence-corrected chi connectivity index (χ2v) is 5.57. The predicted octanol–water partition coefficient (Wildman–Crippen LogP) is 3.21. The van der Waals surface area contributed by atoms with E-state index in [1.165, 1.54) is 24.8 Å². The summed E-state index contributed by atoms with van der Waals surface area (Å²) in [6.45, 7) is 7.28. The van der Waals surface area contributed by atoms with Gasteiger partial charge in [0.2, 0.25) is 0 Å². The van der Waals surface area contributed by atoms with Gasteiger partial charge in [-0.2, -0.15) is 0 Å². The van der Waals surface area contributed by atoms with Crippen molar-refractivity contribution < 1.29 is 9.15 Å². The Bertz CT molecular complexity index is 323. The third-order valence-electron chi connectivity index (χ3n) is 4.09. The molecular formula is C15H25NO2. The highest BCUT2D eigenvalue weighted by atomic mass is 16.5. The van der Waals surface area contributed by atoms with Crippen LogP contribution in [0.3, 0.4) is 0 Å². The highest BCUT2D eigenvalue weighted by Gasteiger charge is 2.24. The van der Waals surface area contributed by atoms with Crippen LogP contribution in [0.4, 0.5) is 0 Å². The lowest BCUT2D eigenvalue weighted by atomic mass is 9.80. The lowest BCUT2D eigenvalue weighted by Crippen LogP contribution is -2.29. The van der Waals surface area contributed by atoms with Gasteiger partial charge >= 0.3 is 0 Å². The molecule has 0 amide bonds. The molecule has 3 heteroatoms. The van der Waals surface area contributed by atoms with Gasteiger partial charge in [-0.05, 0) is 37.2 Å².